The molecule has 1 unspecified atom stereocenters. The fourth-order valence-corrected chi connectivity index (χ4v) is 2.70. The van der Waals surface area contributed by atoms with Gasteiger partial charge in [-0.1, -0.05) is 6.07 Å². The molecule has 0 bridgehead atoms. The van der Waals surface area contributed by atoms with Gasteiger partial charge in [-0.2, -0.15) is 13.2 Å². The van der Waals surface area contributed by atoms with E-state index in [1.54, 1.807) is 6.20 Å². The van der Waals surface area contributed by atoms with Crippen LogP contribution in [-0.2, 0) is 6.42 Å². The molecule has 2 rings (SSSR count). The number of nitrogens with one attached hydrogen (secondary N) is 2. The first-order valence-electron chi connectivity index (χ1n) is 8.19. The summed E-state index contributed by atoms with van der Waals surface area (Å²) in [5.74, 6) is 0.653. The Balaban J connectivity index is 0.00000312. The number of aromatic nitrogens is 1. The van der Waals surface area contributed by atoms with Gasteiger partial charge in [0.05, 0.1) is 6.54 Å². The smallest absolute Gasteiger partial charge is 0.357 e. The summed E-state index contributed by atoms with van der Waals surface area (Å²) in [7, 11) is 0. The van der Waals surface area contributed by atoms with Crippen molar-refractivity contribution in [2.45, 2.75) is 32.0 Å². The third-order valence-corrected chi connectivity index (χ3v) is 3.75. The fraction of sp³-hybridized carbons (Fsp3) is 0.625. The van der Waals surface area contributed by atoms with Gasteiger partial charge in [-0.25, -0.2) is 0 Å². The number of pyridine rings is 1. The molecule has 1 saturated heterocycles. The monoisotopic (exact) mass is 471 g/mol. The van der Waals surface area contributed by atoms with Crippen LogP contribution in [0.5, 0.6) is 0 Å². The molecule has 1 aromatic heterocycles. The summed E-state index contributed by atoms with van der Waals surface area (Å²) in [5, 5.41) is 6.37. The van der Waals surface area contributed by atoms with Crippen LogP contribution in [0.25, 0.3) is 0 Å². The molecule has 142 valence electrons. The number of rotatable bonds is 6. The topological polar surface area (TPSA) is 52.6 Å². The Bertz CT molecular complexity index is 524. The highest BCUT2D eigenvalue weighted by Crippen LogP contribution is 2.19. The van der Waals surface area contributed by atoms with Gasteiger partial charge in [0.2, 0.25) is 0 Å². The Hall–Kier alpha value is -1.10. The van der Waals surface area contributed by atoms with E-state index in [0.717, 1.165) is 12.0 Å². The van der Waals surface area contributed by atoms with Gasteiger partial charge in [0, 0.05) is 44.6 Å². The molecule has 0 radical (unpaired) electrons. The Kier molecular flexibility index (Phi) is 9.47. The Morgan fingerprint density at radius 1 is 1.44 bits per heavy atom. The number of aliphatic imine (C=N–C) groups is 1. The number of halogens is 4. The molecule has 5 nitrogen and oxygen atoms in total. The number of alkyl halides is 3. The van der Waals surface area contributed by atoms with Gasteiger partial charge in [0.1, 0.15) is 0 Å². The predicted molar refractivity (Wildman–Crippen MR) is 103 cm³/mol. The van der Waals surface area contributed by atoms with Crippen molar-refractivity contribution in [3.63, 3.8) is 0 Å². The van der Waals surface area contributed by atoms with Gasteiger partial charge < -0.3 is 10.6 Å². The summed E-state index contributed by atoms with van der Waals surface area (Å²) in [4.78, 5) is 9.99. The minimum Gasteiger partial charge on any atom is -0.357 e. The van der Waals surface area contributed by atoms with Crippen LogP contribution in [0, 0.1) is 0 Å². The molecular formula is C16H25F3IN5. The summed E-state index contributed by atoms with van der Waals surface area (Å²) in [6.45, 7) is 3.25. The van der Waals surface area contributed by atoms with Crippen molar-refractivity contribution in [2.24, 2.45) is 4.99 Å². The molecule has 1 fully saturated rings. The predicted octanol–water partition coefficient (Wildman–Crippen LogP) is 2.43. The highest BCUT2D eigenvalue weighted by Gasteiger charge is 2.34. The highest BCUT2D eigenvalue weighted by atomic mass is 127. The van der Waals surface area contributed by atoms with Crippen LogP contribution in [0.3, 0.4) is 0 Å². The average molecular weight is 471 g/mol. The second-order valence-electron chi connectivity index (χ2n) is 5.85. The van der Waals surface area contributed by atoms with Gasteiger partial charge in [-0.15, -0.1) is 24.0 Å². The Morgan fingerprint density at radius 2 is 2.24 bits per heavy atom. The molecule has 0 aliphatic carbocycles. The van der Waals surface area contributed by atoms with Crippen LogP contribution in [0.4, 0.5) is 13.2 Å². The quantitative estimate of drug-likeness (QED) is 0.381. The SMILES string of the molecule is CCNC(=NCCc1cccnc1)NC1CCN(CC(F)(F)F)C1.I. The van der Waals surface area contributed by atoms with Crippen LogP contribution < -0.4 is 10.6 Å². The van der Waals surface area contributed by atoms with Gasteiger partial charge in [0.25, 0.3) is 0 Å². The van der Waals surface area contributed by atoms with Crippen molar-refractivity contribution in [1.29, 1.82) is 0 Å². The zero-order valence-electron chi connectivity index (χ0n) is 14.2. The van der Waals surface area contributed by atoms with Crippen molar-refractivity contribution in [3.05, 3.63) is 30.1 Å². The maximum atomic E-state index is 12.4. The van der Waals surface area contributed by atoms with Crippen LogP contribution >= 0.6 is 24.0 Å². The molecule has 0 spiro atoms. The molecule has 9 heteroatoms. The highest BCUT2D eigenvalue weighted by molar-refractivity contribution is 14.0. The second-order valence-corrected chi connectivity index (χ2v) is 5.85. The molecule has 2 N–H and O–H groups in total. The summed E-state index contributed by atoms with van der Waals surface area (Å²) in [6, 6.07) is 3.87. The van der Waals surface area contributed by atoms with E-state index >= 15 is 0 Å². The molecule has 1 aromatic rings. The van der Waals surface area contributed by atoms with E-state index in [2.05, 4.69) is 20.6 Å². The molecule has 0 saturated carbocycles. The van der Waals surface area contributed by atoms with Gasteiger partial charge in [0.15, 0.2) is 5.96 Å². The summed E-state index contributed by atoms with van der Waals surface area (Å²) in [6.07, 6.45) is 0.850. The summed E-state index contributed by atoms with van der Waals surface area (Å²) >= 11 is 0. The van der Waals surface area contributed by atoms with Crippen molar-refractivity contribution in [3.8, 4) is 0 Å². The largest absolute Gasteiger partial charge is 0.401 e. The summed E-state index contributed by atoms with van der Waals surface area (Å²) < 4.78 is 37.3. The Labute approximate surface area is 163 Å². The number of guanidine groups is 1. The lowest BCUT2D eigenvalue weighted by molar-refractivity contribution is -0.143. The van der Waals surface area contributed by atoms with Crippen molar-refractivity contribution in [1.82, 2.24) is 20.5 Å². The van der Waals surface area contributed by atoms with Crippen molar-refractivity contribution >= 4 is 29.9 Å². The lowest BCUT2D eigenvalue weighted by atomic mass is 10.2. The van der Waals surface area contributed by atoms with Crippen LogP contribution in [0.2, 0.25) is 0 Å². The maximum Gasteiger partial charge on any atom is 0.401 e. The average Bonchev–Trinajstić information content (AvgIpc) is 2.93. The van der Waals surface area contributed by atoms with E-state index in [9.17, 15) is 13.2 Å². The first-order chi connectivity index (χ1) is 11.5. The normalized spacial score (nSPS) is 18.7. The lowest BCUT2D eigenvalue weighted by Crippen LogP contribution is -2.45. The molecule has 1 aliphatic heterocycles. The molecule has 2 heterocycles. The zero-order chi connectivity index (χ0) is 17.4. The number of hydrogen-bond donors (Lipinski definition) is 2. The molecule has 1 aliphatic rings. The molecule has 0 amide bonds. The molecular weight excluding hydrogens is 446 g/mol. The van der Waals surface area contributed by atoms with Crippen molar-refractivity contribution < 1.29 is 13.2 Å². The number of hydrogen-bond acceptors (Lipinski definition) is 3. The molecule has 25 heavy (non-hydrogen) atoms. The van der Waals surface area contributed by atoms with E-state index in [-0.39, 0.29) is 30.0 Å². The third kappa shape index (κ3) is 8.70. The van der Waals surface area contributed by atoms with Gasteiger partial charge in [-0.3, -0.25) is 14.9 Å². The minimum absolute atomic E-state index is 0. The fourth-order valence-electron chi connectivity index (χ4n) is 2.70. The second kappa shape index (κ2) is 10.8. The van der Waals surface area contributed by atoms with Crippen molar-refractivity contribution in [2.75, 3.05) is 32.7 Å². The molecule has 1 atom stereocenters. The van der Waals surface area contributed by atoms with E-state index in [4.69, 9.17) is 0 Å². The van der Waals surface area contributed by atoms with Gasteiger partial charge in [-0.05, 0) is 31.4 Å². The first kappa shape index (κ1) is 21.9. The van der Waals surface area contributed by atoms with E-state index in [0.29, 0.717) is 38.6 Å². The molecule has 0 aromatic carbocycles. The zero-order valence-corrected chi connectivity index (χ0v) is 16.6. The Morgan fingerprint density at radius 3 is 2.88 bits per heavy atom. The van der Waals surface area contributed by atoms with Crippen LogP contribution in [0.1, 0.15) is 18.9 Å². The van der Waals surface area contributed by atoms with Gasteiger partial charge >= 0.3 is 6.18 Å². The summed E-state index contributed by atoms with van der Waals surface area (Å²) in [5.41, 5.74) is 1.11. The van der Waals surface area contributed by atoms with Crippen LogP contribution in [-0.4, -0.2) is 60.8 Å². The maximum absolute atomic E-state index is 12.4. The standard InChI is InChI=1S/C16H24F3N5.HI/c1-2-21-15(22-8-5-13-4-3-7-20-10-13)23-14-6-9-24(11-14)12-16(17,18)19;/h3-4,7,10,14H,2,5-6,8-9,11-12H2,1H3,(H2,21,22,23);1H. The van der Waals surface area contributed by atoms with E-state index < -0.39 is 12.7 Å². The van der Waals surface area contributed by atoms with E-state index in [1.807, 2.05) is 25.3 Å². The number of nitrogens with zero attached hydrogens (tertiary/aromatic N) is 3. The van der Waals surface area contributed by atoms with E-state index in [1.165, 1.54) is 4.90 Å². The third-order valence-electron chi connectivity index (χ3n) is 3.75. The minimum atomic E-state index is -4.14. The lowest BCUT2D eigenvalue weighted by Gasteiger charge is -2.19. The van der Waals surface area contributed by atoms with Crippen LogP contribution in [0.15, 0.2) is 29.5 Å². The number of likely N-dealkylation sites (tertiary alicyclic amines) is 1. The first-order valence-corrected chi connectivity index (χ1v) is 8.19.